The van der Waals surface area contributed by atoms with Gasteiger partial charge in [-0.3, -0.25) is 4.79 Å². The third-order valence-corrected chi connectivity index (χ3v) is 5.96. The van der Waals surface area contributed by atoms with Crippen molar-refractivity contribution in [2.24, 2.45) is 0 Å². The highest BCUT2D eigenvalue weighted by molar-refractivity contribution is 5.98. The van der Waals surface area contributed by atoms with Crippen LogP contribution in [0.5, 0.6) is 5.75 Å². The van der Waals surface area contributed by atoms with Crippen LogP contribution in [0.2, 0.25) is 0 Å². The van der Waals surface area contributed by atoms with Crippen LogP contribution >= 0.6 is 0 Å². The van der Waals surface area contributed by atoms with E-state index in [-0.39, 0.29) is 28.9 Å². The minimum absolute atomic E-state index is 0.00529. The first kappa shape index (κ1) is 24.1. The quantitative estimate of drug-likeness (QED) is 0.241. The first-order valence-electron chi connectivity index (χ1n) is 11.2. The van der Waals surface area contributed by atoms with Crippen LogP contribution in [0.25, 0.3) is 32.9 Å². The lowest BCUT2D eigenvalue weighted by Crippen LogP contribution is -2.16. The van der Waals surface area contributed by atoms with Crippen LogP contribution in [0.15, 0.2) is 94.1 Å². The minimum Gasteiger partial charge on any atom is -0.489 e. The van der Waals surface area contributed by atoms with E-state index >= 15 is 0 Å². The monoisotopic (exact) mass is 504 g/mol. The van der Waals surface area contributed by atoms with Crippen molar-refractivity contribution < 1.29 is 31.9 Å². The fraction of sp³-hybridized carbons (Fsp3) is 0.103. The van der Waals surface area contributed by atoms with Crippen LogP contribution in [0.3, 0.4) is 0 Å². The van der Waals surface area contributed by atoms with Crippen molar-refractivity contribution in [1.29, 1.82) is 0 Å². The third kappa shape index (κ3) is 4.65. The molecule has 0 amide bonds. The van der Waals surface area contributed by atoms with Gasteiger partial charge in [-0.1, -0.05) is 54.6 Å². The van der Waals surface area contributed by atoms with E-state index < -0.39 is 28.9 Å². The van der Waals surface area contributed by atoms with Gasteiger partial charge in [0.1, 0.15) is 17.9 Å². The molecular formula is C29H19F3O5. The summed E-state index contributed by atoms with van der Waals surface area (Å²) in [7, 11) is 1.28. The second kappa shape index (κ2) is 9.46. The van der Waals surface area contributed by atoms with Crippen LogP contribution in [0, 0.1) is 0 Å². The molecule has 0 bridgehead atoms. The molecule has 1 heterocycles. The van der Waals surface area contributed by atoms with Crippen molar-refractivity contribution in [1.82, 2.24) is 0 Å². The van der Waals surface area contributed by atoms with Gasteiger partial charge in [0, 0.05) is 6.07 Å². The van der Waals surface area contributed by atoms with Crippen molar-refractivity contribution >= 4 is 27.7 Å². The summed E-state index contributed by atoms with van der Waals surface area (Å²) in [6, 6.07) is 22.4. The summed E-state index contributed by atoms with van der Waals surface area (Å²) >= 11 is 0. The van der Waals surface area contributed by atoms with Crippen LogP contribution in [0.4, 0.5) is 13.2 Å². The molecule has 37 heavy (non-hydrogen) atoms. The number of benzene rings is 4. The summed E-state index contributed by atoms with van der Waals surface area (Å²) in [5, 5.41) is 1.22. The highest BCUT2D eigenvalue weighted by atomic mass is 19.4. The first-order chi connectivity index (χ1) is 17.8. The van der Waals surface area contributed by atoms with Gasteiger partial charge in [-0.25, -0.2) is 4.79 Å². The fourth-order valence-corrected chi connectivity index (χ4v) is 4.17. The van der Waals surface area contributed by atoms with Crippen LogP contribution in [-0.4, -0.2) is 13.1 Å². The number of fused-ring (bicyclic) bond motifs is 2. The summed E-state index contributed by atoms with van der Waals surface area (Å²) in [4.78, 5) is 25.0. The van der Waals surface area contributed by atoms with E-state index in [1.54, 1.807) is 60.7 Å². The number of methoxy groups -OCH3 is 1. The van der Waals surface area contributed by atoms with Gasteiger partial charge in [0.25, 0.3) is 0 Å². The molecule has 0 aliphatic carbocycles. The number of hydrogen-bond donors (Lipinski definition) is 0. The van der Waals surface area contributed by atoms with Crippen molar-refractivity contribution in [2.45, 2.75) is 12.8 Å². The van der Waals surface area contributed by atoms with Crippen LogP contribution < -0.4 is 10.2 Å². The fourth-order valence-electron chi connectivity index (χ4n) is 4.17. The van der Waals surface area contributed by atoms with E-state index in [1.165, 1.54) is 31.4 Å². The number of esters is 1. The lowest BCUT2D eigenvalue weighted by atomic mass is 9.96. The maximum Gasteiger partial charge on any atom is 0.450 e. The molecule has 0 N–H and O–H groups in total. The molecule has 8 heteroatoms. The van der Waals surface area contributed by atoms with Crippen molar-refractivity contribution in [3.63, 3.8) is 0 Å². The van der Waals surface area contributed by atoms with E-state index in [2.05, 4.69) is 4.74 Å². The van der Waals surface area contributed by atoms with Gasteiger partial charge in [-0.2, -0.15) is 13.2 Å². The largest absolute Gasteiger partial charge is 0.489 e. The Labute approximate surface area is 208 Å². The smallest absolute Gasteiger partial charge is 0.450 e. The van der Waals surface area contributed by atoms with Gasteiger partial charge in [0.05, 0.1) is 23.6 Å². The Hall–Kier alpha value is -4.59. The average Bonchev–Trinajstić information content (AvgIpc) is 2.91. The van der Waals surface area contributed by atoms with Crippen molar-refractivity contribution in [3.05, 3.63) is 112 Å². The topological polar surface area (TPSA) is 65.7 Å². The molecule has 5 rings (SSSR count). The summed E-state index contributed by atoms with van der Waals surface area (Å²) < 4.78 is 58.1. The minimum atomic E-state index is -4.90. The van der Waals surface area contributed by atoms with E-state index in [4.69, 9.17) is 9.15 Å². The summed E-state index contributed by atoms with van der Waals surface area (Å²) in [5.74, 6) is -1.61. The Kier molecular flexibility index (Phi) is 6.17. The Morgan fingerprint density at radius 2 is 1.62 bits per heavy atom. The number of alkyl halides is 3. The Morgan fingerprint density at radius 1 is 0.892 bits per heavy atom. The highest BCUT2D eigenvalue weighted by Crippen LogP contribution is 2.39. The summed E-state index contributed by atoms with van der Waals surface area (Å²) in [6.07, 6.45) is -4.90. The average molecular weight is 504 g/mol. The highest BCUT2D eigenvalue weighted by Gasteiger charge is 2.39. The summed E-state index contributed by atoms with van der Waals surface area (Å²) in [5.41, 5.74) is -0.306. The molecule has 0 spiro atoms. The van der Waals surface area contributed by atoms with Crippen molar-refractivity contribution in [3.8, 4) is 16.9 Å². The van der Waals surface area contributed by atoms with Gasteiger partial charge in [-0.05, 0) is 46.2 Å². The number of ether oxygens (including phenoxy) is 2. The zero-order valence-corrected chi connectivity index (χ0v) is 19.5. The molecule has 0 saturated heterocycles. The van der Waals surface area contributed by atoms with Gasteiger partial charge < -0.3 is 13.9 Å². The SMILES string of the molecule is COC(=O)c1ccc(COc2ccc3c(=O)c(-c4cccc5ccccc45)c(C(F)(F)F)oc3c2)cc1. The molecular weight excluding hydrogens is 485 g/mol. The molecule has 0 aliphatic heterocycles. The molecule has 5 nitrogen and oxygen atoms in total. The van der Waals surface area contributed by atoms with Gasteiger partial charge in [-0.15, -0.1) is 0 Å². The number of hydrogen-bond acceptors (Lipinski definition) is 5. The molecule has 0 saturated carbocycles. The molecule has 186 valence electrons. The van der Waals surface area contributed by atoms with E-state index in [0.717, 1.165) is 5.56 Å². The summed E-state index contributed by atoms with van der Waals surface area (Å²) in [6.45, 7) is 0.0808. The normalized spacial score (nSPS) is 11.6. The zero-order valence-electron chi connectivity index (χ0n) is 19.5. The lowest BCUT2D eigenvalue weighted by Gasteiger charge is -2.15. The molecule has 5 aromatic rings. The van der Waals surface area contributed by atoms with E-state index in [1.807, 2.05) is 0 Å². The number of carbonyl (C=O) groups excluding carboxylic acids is 1. The maximum atomic E-state index is 14.1. The predicted octanol–water partition coefficient (Wildman–Crippen LogP) is 7.00. The van der Waals surface area contributed by atoms with Gasteiger partial charge >= 0.3 is 12.1 Å². The molecule has 0 aliphatic rings. The zero-order chi connectivity index (χ0) is 26.2. The molecule has 0 fully saturated rings. The molecule has 4 aromatic carbocycles. The van der Waals surface area contributed by atoms with Crippen molar-refractivity contribution in [2.75, 3.05) is 7.11 Å². The molecule has 0 radical (unpaired) electrons. The Morgan fingerprint density at radius 3 is 2.35 bits per heavy atom. The Balaban J connectivity index is 1.55. The third-order valence-electron chi connectivity index (χ3n) is 5.96. The predicted molar refractivity (Wildman–Crippen MR) is 133 cm³/mol. The molecule has 0 atom stereocenters. The number of carbonyl (C=O) groups is 1. The molecule has 0 unspecified atom stereocenters. The van der Waals surface area contributed by atoms with Gasteiger partial charge in [0.2, 0.25) is 11.2 Å². The second-order valence-electron chi connectivity index (χ2n) is 8.29. The van der Waals surface area contributed by atoms with Crippen LogP contribution in [-0.2, 0) is 17.5 Å². The molecule has 1 aromatic heterocycles. The lowest BCUT2D eigenvalue weighted by molar-refractivity contribution is -0.152. The van der Waals surface area contributed by atoms with E-state index in [0.29, 0.717) is 16.3 Å². The van der Waals surface area contributed by atoms with Crippen LogP contribution in [0.1, 0.15) is 21.7 Å². The van der Waals surface area contributed by atoms with E-state index in [9.17, 15) is 22.8 Å². The second-order valence-corrected chi connectivity index (χ2v) is 8.29. The number of halogens is 3. The maximum absolute atomic E-state index is 14.1. The first-order valence-corrected chi connectivity index (χ1v) is 11.2. The number of rotatable bonds is 5. The Bertz CT molecular complexity index is 1680. The van der Waals surface area contributed by atoms with Gasteiger partial charge in [0.15, 0.2) is 0 Å². The standard InChI is InChI=1S/C29H19F3O5/c1-35-28(34)19-11-9-17(10-12-19)16-36-20-13-14-23-24(15-20)37-27(29(30,31)32)25(26(23)33)22-8-4-6-18-5-2-3-7-21(18)22/h2-15H,16H2,1H3.